The minimum atomic E-state index is 0.480. The lowest BCUT2D eigenvalue weighted by molar-refractivity contribution is 0.201. The molecule has 0 bridgehead atoms. The van der Waals surface area contributed by atoms with Crippen molar-refractivity contribution in [3.8, 4) is 0 Å². The molecule has 3 aromatic heterocycles. The van der Waals surface area contributed by atoms with E-state index in [0.717, 1.165) is 49.1 Å². The monoisotopic (exact) mass is 340 g/mol. The quantitative estimate of drug-likeness (QED) is 0.537. The van der Waals surface area contributed by atoms with Crippen molar-refractivity contribution in [2.75, 3.05) is 19.3 Å². The molecule has 0 aromatic carbocycles. The van der Waals surface area contributed by atoms with E-state index in [-0.39, 0.29) is 0 Å². The SMILES string of the molecule is CSc1ncc(CN2CCC(c3nnc4ccccn34)CC2)cn1. The Kier molecular flexibility index (Phi) is 4.44. The molecule has 1 aliphatic rings. The fraction of sp³-hybridized carbons (Fsp3) is 0.412. The number of hydrogen-bond donors (Lipinski definition) is 0. The third kappa shape index (κ3) is 3.14. The number of nitrogens with zero attached hydrogens (tertiary/aromatic N) is 6. The third-order valence-electron chi connectivity index (χ3n) is 4.56. The van der Waals surface area contributed by atoms with Crippen molar-refractivity contribution in [1.29, 1.82) is 0 Å². The second-order valence-electron chi connectivity index (χ2n) is 6.12. The molecule has 0 spiro atoms. The Balaban J connectivity index is 1.39. The maximum absolute atomic E-state index is 4.42. The van der Waals surface area contributed by atoms with Crippen LogP contribution in [0.2, 0.25) is 0 Å². The summed E-state index contributed by atoms with van der Waals surface area (Å²) in [6.07, 6.45) is 10.2. The molecule has 0 N–H and O–H groups in total. The summed E-state index contributed by atoms with van der Waals surface area (Å²) in [5.41, 5.74) is 2.11. The van der Waals surface area contributed by atoms with E-state index in [2.05, 4.69) is 35.7 Å². The Morgan fingerprint density at radius 3 is 2.67 bits per heavy atom. The fourth-order valence-electron chi connectivity index (χ4n) is 3.28. The van der Waals surface area contributed by atoms with Gasteiger partial charge in [-0.05, 0) is 44.3 Å². The standard InChI is InChI=1S/C17H20N6S/c1-24-17-18-10-13(11-19-17)12-22-8-5-14(6-9-22)16-21-20-15-4-2-3-7-23(15)16/h2-4,7,10-11,14H,5-6,8-9,12H2,1H3. The highest BCUT2D eigenvalue weighted by Gasteiger charge is 2.24. The van der Waals surface area contributed by atoms with Crippen LogP contribution in [-0.2, 0) is 6.54 Å². The van der Waals surface area contributed by atoms with E-state index in [1.165, 1.54) is 5.56 Å². The Labute approximate surface area is 145 Å². The molecule has 4 rings (SSSR count). The van der Waals surface area contributed by atoms with Crippen LogP contribution in [0.3, 0.4) is 0 Å². The average Bonchev–Trinajstić information content (AvgIpc) is 3.07. The van der Waals surface area contributed by atoms with Gasteiger partial charge in [0.1, 0.15) is 5.82 Å². The van der Waals surface area contributed by atoms with Gasteiger partial charge in [-0.25, -0.2) is 9.97 Å². The van der Waals surface area contributed by atoms with Crippen LogP contribution in [0.15, 0.2) is 41.9 Å². The first-order valence-corrected chi connectivity index (χ1v) is 9.43. The fourth-order valence-corrected chi connectivity index (χ4v) is 3.59. The van der Waals surface area contributed by atoms with Gasteiger partial charge in [0.25, 0.3) is 0 Å². The van der Waals surface area contributed by atoms with Gasteiger partial charge in [0, 0.05) is 36.6 Å². The predicted molar refractivity (Wildman–Crippen MR) is 94.1 cm³/mol. The van der Waals surface area contributed by atoms with Crippen LogP contribution >= 0.6 is 11.8 Å². The van der Waals surface area contributed by atoms with Crippen LogP contribution in [0, 0.1) is 0 Å². The smallest absolute Gasteiger partial charge is 0.187 e. The van der Waals surface area contributed by atoms with Crippen LogP contribution in [-0.4, -0.2) is 48.8 Å². The van der Waals surface area contributed by atoms with E-state index in [0.29, 0.717) is 5.92 Å². The highest BCUT2D eigenvalue weighted by molar-refractivity contribution is 7.98. The summed E-state index contributed by atoms with van der Waals surface area (Å²) in [6.45, 7) is 3.05. The summed E-state index contributed by atoms with van der Waals surface area (Å²) in [7, 11) is 0. The Morgan fingerprint density at radius 2 is 1.92 bits per heavy atom. The van der Waals surface area contributed by atoms with Crippen molar-refractivity contribution < 1.29 is 0 Å². The molecule has 24 heavy (non-hydrogen) atoms. The minimum Gasteiger partial charge on any atom is -0.299 e. The molecule has 0 atom stereocenters. The zero-order valence-electron chi connectivity index (χ0n) is 13.7. The van der Waals surface area contributed by atoms with Gasteiger partial charge in [0.05, 0.1) is 0 Å². The molecule has 1 fully saturated rings. The number of likely N-dealkylation sites (tertiary alicyclic amines) is 1. The van der Waals surface area contributed by atoms with Crippen molar-refractivity contribution in [2.24, 2.45) is 0 Å². The Morgan fingerprint density at radius 1 is 1.12 bits per heavy atom. The first kappa shape index (κ1) is 15.5. The summed E-state index contributed by atoms with van der Waals surface area (Å²) in [6, 6.07) is 6.04. The van der Waals surface area contributed by atoms with E-state index >= 15 is 0 Å². The van der Waals surface area contributed by atoms with Crippen molar-refractivity contribution in [2.45, 2.75) is 30.5 Å². The molecule has 4 heterocycles. The normalized spacial score (nSPS) is 16.7. The molecule has 7 heteroatoms. The number of rotatable bonds is 4. The van der Waals surface area contributed by atoms with Gasteiger partial charge in [-0.15, -0.1) is 10.2 Å². The molecule has 124 valence electrons. The van der Waals surface area contributed by atoms with Gasteiger partial charge >= 0.3 is 0 Å². The number of aromatic nitrogens is 5. The molecular formula is C17H20N6S. The lowest BCUT2D eigenvalue weighted by atomic mass is 9.96. The second-order valence-corrected chi connectivity index (χ2v) is 6.89. The minimum absolute atomic E-state index is 0.480. The van der Waals surface area contributed by atoms with Crippen LogP contribution in [0.1, 0.15) is 30.1 Å². The Hall–Kier alpha value is -1.99. The zero-order chi connectivity index (χ0) is 16.4. The van der Waals surface area contributed by atoms with E-state index in [9.17, 15) is 0 Å². The maximum atomic E-state index is 4.42. The van der Waals surface area contributed by atoms with E-state index in [1.54, 1.807) is 11.8 Å². The van der Waals surface area contributed by atoms with E-state index < -0.39 is 0 Å². The highest BCUT2D eigenvalue weighted by atomic mass is 32.2. The first-order chi connectivity index (χ1) is 11.8. The molecule has 0 saturated carbocycles. The molecule has 0 radical (unpaired) electrons. The molecule has 0 unspecified atom stereocenters. The number of piperidine rings is 1. The van der Waals surface area contributed by atoms with Crippen LogP contribution in [0.4, 0.5) is 0 Å². The molecule has 1 saturated heterocycles. The lowest BCUT2D eigenvalue weighted by Crippen LogP contribution is -2.33. The summed E-state index contributed by atoms with van der Waals surface area (Å²) in [5, 5.41) is 9.53. The summed E-state index contributed by atoms with van der Waals surface area (Å²) < 4.78 is 2.12. The number of fused-ring (bicyclic) bond motifs is 1. The Bertz CT molecular complexity index is 807. The number of thioether (sulfide) groups is 1. The summed E-state index contributed by atoms with van der Waals surface area (Å²) >= 11 is 1.57. The topological polar surface area (TPSA) is 59.2 Å². The van der Waals surface area contributed by atoms with Crippen LogP contribution < -0.4 is 0 Å². The van der Waals surface area contributed by atoms with Gasteiger partial charge < -0.3 is 0 Å². The maximum Gasteiger partial charge on any atom is 0.187 e. The molecule has 1 aliphatic heterocycles. The summed E-state index contributed by atoms with van der Waals surface area (Å²) in [4.78, 5) is 11.2. The molecular weight excluding hydrogens is 320 g/mol. The van der Waals surface area contributed by atoms with E-state index in [4.69, 9.17) is 0 Å². The van der Waals surface area contributed by atoms with Gasteiger partial charge in [0.2, 0.25) is 0 Å². The van der Waals surface area contributed by atoms with Crippen molar-refractivity contribution in [3.63, 3.8) is 0 Å². The molecule has 3 aromatic rings. The molecule has 6 nitrogen and oxygen atoms in total. The number of pyridine rings is 1. The molecule has 0 aliphatic carbocycles. The van der Waals surface area contributed by atoms with Gasteiger partial charge in [0.15, 0.2) is 10.8 Å². The second kappa shape index (κ2) is 6.86. The van der Waals surface area contributed by atoms with Crippen LogP contribution in [0.25, 0.3) is 5.65 Å². The van der Waals surface area contributed by atoms with Gasteiger partial charge in [-0.3, -0.25) is 9.30 Å². The van der Waals surface area contributed by atoms with Crippen molar-refractivity contribution >= 4 is 17.4 Å². The van der Waals surface area contributed by atoms with E-state index in [1.807, 2.05) is 36.8 Å². The largest absolute Gasteiger partial charge is 0.299 e. The molecule has 0 amide bonds. The third-order valence-corrected chi connectivity index (χ3v) is 5.14. The highest BCUT2D eigenvalue weighted by Crippen LogP contribution is 2.27. The van der Waals surface area contributed by atoms with Crippen molar-refractivity contribution in [1.82, 2.24) is 29.5 Å². The van der Waals surface area contributed by atoms with Gasteiger partial charge in [-0.1, -0.05) is 17.8 Å². The summed E-state index contributed by atoms with van der Waals surface area (Å²) in [5.74, 6) is 1.58. The van der Waals surface area contributed by atoms with Gasteiger partial charge in [-0.2, -0.15) is 0 Å². The zero-order valence-corrected chi connectivity index (χ0v) is 14.5. The average molecular weight is 340 g/mol. The first-order valence-electron chi connectivity index (χ1n) is 8.20. The van der Waals surface area contributed by atoms with Crippen LogP contribution in [0.5, 0.6) is 0 Å². The lowest BCUT2D eigenvalue weighted by Gasteiger charge is -2.31. The number of hydrogen-bond acceptors (Lipinski definition) is 6. The van der Waals surface area contributed by atoms with Crippen molar-refractivity contribution in [3.05, 3.63) is 48.2 Å². The predicted octanol–water partition coefficient (Wildman–Crippen LogP) is 2.62.